The zero-order valence-corrected chi connectivity index (χ0v) is 17.0. The Bertz CT molecular complexity index is 406. The number of fused-ring (bicyclic) bond motifs is 2. The molecule has 2 nitrogen and oxygen atoms in total. The first-order chi connectivity index (χ1) is 10.3. The van der Waals surface area contributed by atoms with Gasteiger partial charge in [-0.25, -0.2) is 0 Å². The topological polar surface area (TPSA) is 26.3 Å². The van der Waals surface area contributed by atoms with Crippen LogP contribution in [-0.2, 0) is 9.53 Å². The molecule has 0 aliphatic heterocycles. The van der Waals surface area contributed by atoms with Crippen LogP contribution in [0.4, 0.5) is 0 Å². The number of rotatable bonds is 8. The third-order valence-electron chi connectivity index (χ3n) is 6.66. The van der Waals surface area contributed by atoms with Crippen molar-refractivity contribution in [3.05, 3.63) is 0 Å². The molecule has 0 N–H and O–H groups in total. The van der Waals surface area contributed by atoms with Crippen LogP contribution >= 0.6 is 0 Å². The molecule has 0 aromatic rings. The van der Waals surface area contributed by atoms with Gasteiger partial charge in [-0.2, -0.15) is 0 Å². The minimum absolute atomic E-state index is 0.0613. The molecule has 0 spiro atoms. The second kappa shape index (κ2) is 6.95. The summed E-state index contributed by atoms with van der Waals surface area (Å²) in [5.74, 6) is 1.20. The van der Waals surface area contributed by atoms with Crippen LogP contribution in [0, 0.1) is 16.7 Å². The van der Waals surface area contributed by atoms with Gasteiger partial charge in [0, 0.05) is 0 Å². The van der Waals surface area contributed by atoms with Crippen molar-refractivity contribution in [2.24, 2.45) is 16.7 Å². The summed E-state index contributed by atoms with van der Waals surface area (Å²) in [6.45, 7) is 11.4. The van der Waals surface area contributed by atoms with Crippen LogP contribution in [0.2, 0.25) is 9.63 Å². The number of ketones is 1. The summed E-state index contributed by atoms with van der Waals surface area (Å²) in [6.07, 6.45) is 7.43. The fraction of sp³-hybridized carbons (Fsp3) is 0.947. The van der Waals surface area contributed by atoms with Crippen LogP contribution in [0.1, 0.15) is 73.1 Å². The molecule has 2 aliphatic carbocycles. The molecule has 2 fully saturated rings. The van der Waals surface area contributed by atoms with E-state index in [2.05, 4.69) is 34.6 Å². The van der Waals surface area contributed by atoms with Gasteiger partial charge in [0.25, 0.3) is 0 Å². The third-order valence-corrected chi connectivity index (χ3v) is 10.3. The third kappa shape index (κ3) is 2.82. The fourth-order valence-electron chi connectivity index (χ4n) is 4.71. The van der Waals surface area contributed by atoms with Crippen LogP contribution in [-0.4, -0.2) is 34.0 Å². The molecule has 0 amide bonds. The number of methoxy groups -OCH3 is 1. The van der Waals surface area contributed by atoms with E-state index in [1.165, 1.54) is 25.7 Å². The van der Waals surface area contributed by atoms with Crippen molar-refractivity contribution < 1.29 is 9.53 Å². The van der Waals surface area contributed by atoms with Crippen LogP contribution in [0.25, 0.3) is 0 Å². The Morgan fingerprint density at radius 2 is 1.86 bits per heavy atom. The van der Waals surface area contributed by atoms with Crippen molar-refractivity contribution in [2.75, 3.05) is 7.11 Å². The monoisotopic (exact) mass is 374 g/mol. The molecule has 0 saturated heterocycles. The average molecular weight is 373 g/mol. The molecule has 128 valence electrons. The van der Waals surface area contributed by atoms with Gasteiger partial charge in [-0.05, 0) is 0 Å². The van der Waals surface area contributed by atoms with E-state index < -0.39 is 0 Å². The molecule has 5 atom stereocenters. The van der Waals surface area contributed by atoms with Gasteiger partial charge in [0.1, 0.15) is 0 Å². The first kappa shape index (κ1) is 18.5. The number of carbonyl (C=O) groups excluding carboxylic acids is 1. The Morgan fingerprint density at radius 3 is 2.32 bits per heavy atom. The van der Waals surface area contributed by atoms with E-state index in [1.54, 1.807) is 0 Å². The molecule has 0 aromatic heterocycles. The number of ether oxygens (including phenoxy) is 1. The van der Waals surface area contributed by atoms with Crippen LogP contribution in [0.5, 0.6) is 0 Å². The average Bonchev–Trinajstić information content (AvgIpc) is 2.78. The molecule has 2 rings (SSSR count). The van der Waals surface area contributed by atoms with E-state index in [0.717, 1.165) is 12.8 Å². The summed E-state index contributed by atoms with van der Waals surface area (Å²) in [5.41, 5.74) is 0.134. The predicted molar refractivity (Wildman–Crippen MR) is 93.5 cm³/mol. The van der Waals surface area contributed by atoms with Crippen LogP contribution in [0.15, 0.2) is 0 Å². The number of hydrogen-bond donors (Lipinski definition) is 0. The van der Waals surface area contributed by atoms with Gasteiger partial charge in [-0.15, -0.1) is 0 Å². The molecular formula is C19H34O2Se. The normalized spacial score (nSPS) is 35.8. The van der Waals surface area contributed by atoms with E-state index in [-0.39, 0.29) is 10.8 Å². The summed E-state index contributed by atoms with van der Waals surface area (Å²) >= 11 is 0.378. The van der Waals surface area contributed by atoms with Crippen molar-refractivity contribution in [3.63, 3.8) is 0 Å². The molecule has 0 heterocycles. The van der Waals surface area contributed by atoms with E-state index in [0.29, 0.717) is 42.4 Å². The second-order valence-electron chi connectivity index (χ2n) is 8.01. The number of Topliss-reactive ketones (excluding diaryl/α,β-unsaturated/α-hetero) is 1. The van der Waals surface area contributed by atoms with Crippen molar-refractivity contribution in [3.8, 4) is 0 Å². The molecule has 22 heavy (non-hydrogen) atoms. The Labute approximate surface area is 143 Å². The summed E-state index contributed by atoms with van der Waals surface area (Å²) in [6, 6.07) is 0. The molecule has 2 bridgehead atoms. The SMILES string of the molecule is CCCC(OC)C(CCC)[Se][C@@H]1C(=O)[C@]2(C)CC[C@H]1C2(C)C. The zero-order chi connectivity index (χ0) is 16.5. The van der Waals surface area contributed by atoms with E-state index in [1.807, 2.05) is 7.11 Å². The van der Waals surface area contributed by atoms with E-state index in [9.17, 15) is 4.79 Å². The molecular weight excluding hydrogens is 339 g/mol. The molecule has 0 radical (unpaired) electrons. The van der Waals surface area contributed by atoms with Gasteiger partial charge >= 0.3 is 143 Å². The molecule has 2 aliphatic rings. The number of hydrogen-bond acceptors (Lipinski definition) is 2. The maximum atomic E-state index is 13.1. The van der Waals surface area contributed by atoms with Crippen LogP contribution in [0.3, 0.4) is 0 Å². The molecule has 0 aromatic carbocycles. The molecule has 2 unspecified atom stereocenters. The fourth-order valence-corrected chi connectivity index (χ4v) is 9.37. The van der Waals surface area contributed by atoms with Gasteiger partial charge in [0.2, 0.25) is 0 Å². The van der Waals surface area contributed by atoms with Crippen molar-refractivity contribution in [1.29, 1.82) is 0 Å². The summed E-state index contributed by atoms with van der Waals surface area (Å²) < 4.78 is 5.81. The Kier molecular flexibility index (Phi) is 5.84. The van der Waals surface area contributed by atoms with Gasteiger partial charge in [-0.3, -0.25) is 0 Å². The van der Waals surface area contributed by atoms with Crippen LogP contribution < -0.4 is 0 Å². The Morgan fingerprint density at radius 1 is 1.23 bits per heavy atom. The quantitative estimate of drug-likeness (QED) is 0.565. The summed E-state index contributed by atoms with van der Waals surface area (Å²) in [5, 5.41) is 0. The number of carbonyl (C=O) groups is 1. The first-order valence-corrected chi connectivity index (χ1v) is 11.0. The molecule has 2 saturated carbocycles. The Balaban J connectivity index is 2.16. The first-order valence-electron chi connectivity index (χ1n) is 9.06. The second-order valence-corrected chi connectivity index (χ2v) is 10.9. The van der Waals surface area contributed by atoms with Crippen molar-refractivity contribution in [1.82, 2.24) is 0 Å². The van der Waals surface area contributed by atoms with Crippen molar-refractivity contribution >= 4 is 20.7 Å². The Hall–Kier alpha value is 0.149. The van der Waals surface area contributed by atoms with Gasteiger partial charge in [-0.1, -0.05) is 0 Å². The zero-order valence-electron chi connectivity index (χ0n) is 15.3. The van der Waals surface area contributed by atoms with Crippen molar-refractivity contribution in [2.45, 2.75) is 88.9 Å². The molecule has 3 heteroatoms. The predicted octanol–water partition coefficient (Wildman–Crippen LogP) is 4.91. The maximum absolute atomic E-state index is 13.1. The standard InChI is InChI=1S/C19H34O2Se/c1-7-9-14(21-6)15(10-8-2)22-16-13-11-12-19(5,17(16)20)18(13,3)4/h13-16H,7-12H2,1-6H3/t13-,14?,15?,16+,19+/m1/s1. The summed E-state index contributed by atoms with van der Waals surface area (Å²) in [4.78, 5) is 14.0. The summed E-state index contributed by atoms with van der Waals surface area (Å²) in [7, 11) is 1.85. The van der Waals surface area contributed by atoms with Gasteiger partial charge < -0.3 is 0 Å². The minimum atomic E-state index is -0.0613. The van der Waals surface area contributed by atoms with E-state index >= 15 is 0 Å². The van der Waals surface area contributed by atoms with Gasteiger partial charge in [0.05, 0.1) is 0 Å². The van der Waals surface area contributed by atoms with Gasteiger partial charge in [0.15, 0.2) is 0 Å². The van der Waals surface area contributed by atoms with E-state index in [4.69, 9.17) is 4.74 Å².